The van der Waals surface area contributed by atoms with E-state index in [-0.39, 0.29) is 5.41 Å². The molecule has 0 saturated carbocycles. The molecule has 0 bridgehead atoms. The SMILES string of the molecule is CCCCCC[N+]1=C(C)C(C)(C)c2c1ccc1ccccc21. The van der Waals surface area contributed by atoms with E-state index in [0.717, 1.165) is 6.54 Å². The minimum atomic E-state index is 0.126. The molecule has 1 aliphatic rings. The van der Waals surface area contributed by atoms with Crippen molar-refractivity contribution in [2.75, 3.05) is 6.54 Å². The van der Waals surface area contributed by atoms with Gasteiger partial charge in [0, 0.05) is 25.0 Å². The van der Waals surface area contributed by atoms with Gasteiger partial charge in [0.25, 0.3) is 0 Å². The Morgan fingerprint density at radius 1 is 0.955 bits per heavy atom. The molecule has 1 heteroatoms. The first kappa shape index (κ1) is 15.3. The largest absolute Gasteiger partial charge is 0.210 e. The molecule has 2 aromatic carbocycles. The van der Waals surface area contributed by atoms with E-state index in [1.54, 1.807) is 0 Å². The molecule has 0 spiro atoms. The second-order valence-electron chi connectivity index (χ2n) is 7.10. The summed E-state index contributed by atoms with van der Waals surface area (Å²) < 4.78 is 2.57. The van der Waals surface area contributed by atoms with Crippen molar-refractivity contribution in [3.05, 3.63) is 42.0 Å². The number of hydrogen-bond acceptors (Lipinski definition) is 0. The zero-order valence-electron chi connectivity index (χ0n) is 14.4. The van der Waals surface area contributed by atoms with Gasteiger partial charge in [-0.15, -0.1) is 0 Å². The predicted molar refractivity (Wildman–Crippen MR) is 96.6 cm³/mol. The van der Waals surface area contributed by atoms with Crippen molar-refractivity contribution in [3.8, 4) is 0 Å². The molecule has 22 heavy (non-hydrogen) atoms. The summed E-state index contributed by atoms with van der Waals surface area (Å²) in [6.45, 7) is 10.5. The summed E-state index contributed by atoms with van der Waals surface area (Å²) in [5, 5.41) is 2.77. The molecular weight excluding hydrogens is 266 g/mol. The van der Waals surface area contributed by atoms with Gasteiger partial charge < -0.3 is 0 Å². The Morgan fingerprint density at radius 2 is 1.73 bits per heavy atom. The van der Waals surface area contributed by atoms with E-state index in [4.69, 9.17) is 0 Å². The zero-order chi connectivity index (χ0) is 15.7. The topological polar surface area (TPSA) is 3.01 Å². The van der Waals surface area contributed by atoms with E-state index in [0.29, 0.717) is 0 Å². The van der Waals surface area contributed by atoms with E-state index in [1.165, 1.54) is 53.4 Å². The summed E-state index contributed by atoms with van der Waals surface area (Å²) >= 11 is 0. The summed E-state index contributed by atoms with van der Waals surface area (Å²) in [6.07, 6.45) is 5.27. The van der Waals surface area contributed by atoms with Gasteiger partial charge in [0.2, 0.25) is 5.69 Å². The molecule has 1 aliphatic heterocycles. The summed E-state index contributed by atoms with van der Waals surface area (Å²) in [4.78, 5) is 0. The van der Waals surface area contributed by atoms with Gasteiger partial charge >= 0.3 is 0 Å². The van der Waals surface area contributed by atoms with Gasteiger partial charge in [-0.3, -0.25) is 0 Å². The average Bonchev–Trinajstić information content (AvgIpc) is 2.72. The highest BCUT2D eigenvalue weighted by atomic mass is 15.1. The first-order valence-electron chi connectivity index (χ1n) is 8.71. The zero-order valence-corrected chi connectivity index (χ0v) is 14.4. The molecule has 0 N–H and O–H groups in total. The normalized spacial score (nSPS) is 16.4. The maximum Gasteiger partial charge on any atom is 0.210 e. The van der Waals surface area contributed by atoms with Crippen LogP contribution < -0.4 is 0 Å². The quantitative estimate of drug-likeness (QED) is 0.483. The highest BCUT2D eigenvalue weighted by Crippen LogP contribution is 2.43. The van der Waals surface area contributed by atoms with Gasteiger partial charge in [0.05, 0.1) is 5.41 Å². The lowest BCUT2D eigenvalue weighted by atomic mass is 9.80. The number of unbranched alkanes of at least 4 members (excludes halogenated alkanes) is 3. The van der Waals surface area contributed by atoms with E-state index in [1.807, 2.05) is 0 Å². The lowest BCUT2D eigenvalue weighted by Crippen LogP contribution is -2.26. The van der Waals surface area contributed by atoms with Crippen molar-refractivity contribution in [3.63, 3.8) is 0 Å². The van der Waals surface area contributed by atoms with Crippen LogP contribution in [-0.4, -0.2) is 16.8 Å². The second-order valence-corrected chi connectivity index (χ2v) is 7.10. The molecule has 2 aromatic rings. The summed E-state index contributed by atoms with van der Waals surface area (Å²) in [6, 6.07) is 13.4. The number of nitrogens with zero attached hydrogens (tertiary/aromatic N) is 1. The first-order chi connectivity index (χ1) is 10.6. The lowest BCUT2D eigenvalue weighted by molar-refractivity contribution is -0.439. The van der Waals surface area contributed by atoms with Gasteiger partial charge in [-0.25, -0.2) is 0 Å². The Labute approximate surface area is 134 Å². The minimum absolute atomic E-state index is 0.126. The van der Waals surface area contributed by atoms with Gasteiger partial charge in [-0.1, -0.05) is 44.0 Å². The van der Waals surface area contributed by atoms with Gasteiger partial charge in [0.1, 0.15) is 6.54 Å². The Hall–Kier alpha value is -1.63. The van der Waals surface area contributed by atoms with Crippen LogP contribution >= 0.6 is 0 Å². The first-order valence-corrected chi connectivity index (χ1v) is 8.71. The standard InChI is InChI=1S/C21H28N/c1-5-6-7-10-15-22-16(2)21(3,4)20-18-12-9-8-11-17(18)13-14-19(20)22/h8-9,11-14H,5-7,10,15H2,1-4H3/q+1. The van der Waals surface area contributed by atoms with Crippen molar-refractivity contribution >= 4 is 22.2 Å². The number of fused-ring (bicyclic) bond motifs is 3. The number of rotatable bonds is 5. The summed E-state index contributed by atoms with van der Waals surface area (Å²) in [5.41, 5.74) is 4.56. The highest BCUT2D eigenvalue weighted by Gasteiger charge is 2.43. The molecule has 1 nitrogen and oxygen atoms in total. The molecule has 116 valence electrons. The maximum absolute atomic E-state index is 2.57. The molecule has 0 aliphatic carbocycles. The Kier molecular flexibility index (Phi) is 4.08. The van der Waals surface area contributed by atoms with Crippen LogP contribution in [0.15, 0.2) is 36.4 Å². The van der Waals surface area contributed by atoms with Gasteiger partial charge in [0.15, 0.2) is 5.71 Å². The molecule has 0 amide bonds. The van der Waals surface area contributed by atoms with Crippen molar-refractivity contribution in [2.24, 2.45) is 0 Å². The molecule has 0 saturated heterocycles. The van der Waals surface area contributed by atoms with Crippen LogP contribution in [0.3, 0.4) is 0 Å². The number of benzene rings is 2. The molecule has 0 aromatic heterocycles. The third-order valence-corrected chi connectivity index (χ3v) is 5.37. The van der Waals surface area contributed by atoms with Crippen LogP contribution in [0.1, 0.15) is 58.9 Å². The van der Waals surface area contributed by atoms with E-state index in [9.17, 15) is 0 Å². The average molecular weight is 294 g/mol. The number of hydrogen-bond donors (Lipinski definition) is 0. The molecule has 0 fully saturated rings. The monoisotopic (exact) mass is 294 g/mol. The molecule has 0 radical (unpaired) electrons. The van der Waals surface area contributed by atoms with E-state index >= 15 is 0 Å². The van der Waals surface area contributed by atoms with Crippen LogP contribution in [0.4, 0.5) is 5.69 Å². The third kappa shape index (κ3) is 2.37. The Morgan fingerprint density at radius 3 is 2.50 bits per heavy atom. The summed E-state index contributed by atoms with van der Waals surface area (Å²) in [7, 11) is 0. The van der Waals surface area contributed by atoms with Crippen molar-refractivity contribution in [2.45, 2.75) is 58.8 Å². The van der Waals surface area contributed by atoms with Crippen LogP contribution in [0.5, 0.6) is 0 Å². The van der Waals surface area contributed by atoms with E-state index in [2.05, 4.69) is 68.7 Å². The fraction of sp³-hybridized carbons (Fsp3) is 0.476. The van der Waals surface area contributed by atoms with E-state index < -0.39 is 0 Å². The molecule has 0 atom stereocenters. The fourth-order valence-corrected chi connectivity index (χ4v) is 3.83. The Balaban J connectivity index is 2.04. The van der Waals surface area contributed by atoms with Crippen molar-refractivity contribution in [1.82, 2.24) is 0 Å². The smallest absolute Gasteiger partial charge is 0.199 e. The Bertz CT molecular complexity index is 722. The summed E-state index contributed by atoms with van der Waals surface area (Å²) in [5.74, 6) is 0. The minimum Gasteiger partial charge on any atom is -0.199 e. The highest BCUT2D eigenvalue weighted by molar-refractivity contribution is 6.01. The van der Waals surface area contributed by atoms with Gasteiger partial charge in [-0.2, -0.15) is 4.58 Å². The van der Waals surface area contributed by atoms with Crippen molar-refractivity contribution < 1.29 is 4.58 Å². The maximum atomic E-state index is 2.57. The van der Waals surface area contributed by atoms with Crippen LogP contribution in [0.25, 0.3) is 10.8 Å². The second kappa shape index (κ2) is 5.87. The van der Waals surface area contributed by atoms with Gasteiger partial charge in [-0.05, 0) is 37.1 Å². The lowest BCUT2D eigenvalue weighted by Gasteiger charge is -2.17. The molecule has 3 rings (SSSR count). The molecule has 0 unspecified atom stereocenters. The van der Waals surface area contributed by atoms with Crippen molar-refractivity contribution in [1.29, 1.82) is 0 Å². The van der Waals surface area contributed by atoms with Crippen LogP contribution in [-0.2, 0) is 5.41 Å². The van der Waals surface area contributed by atoms with Crippen LogP contribution in [0, 0.1) is 0 Å². The fourth-order valence-electron chi connectivity index (χ4n) is 3.83. The van der Waals surface area contributed by atoms with Crippen LogP contribution in [0.2, 0.25) is 0 Å². The molecule has 1 heterocycles. The third-order valence-electron chi connectivity index (χ3n) is 5.37. The molecular formula is C21H28N+. The predicted octanol–water partition coefficient (Wildman–Crippen LogP) is 5.82.